The van der Waals surface area contributed by atoms with Crippen molar-refractivity contribution in [3.05, 3.63) is 94.0 Å². The van der Waals surface area contributed by atoms with E-state index in [9.17, 15) is 18.0 Å². The van der Waals surface area contributed by atoms with Crippen LogP contribution in [0.5, 0.6) is 0 Å². The smallest absolute Gasteiger partial charge is 0.264 e. The maximum Gasteiger partial charge on any atom is 0.264 e. The number of halogens is 2. The van der Waals surface area contributed by atoms with E-state index in [-0.39, 0.29) is 39.1 Å². The van der Waals surface area contributed by atoms with Crippen LogP contribution in [0.3, 0.4) is 0 Å². The van der Waals surface area contributed by atoms with E-state index in [1.165, 1.54) is 35.2 Å². The van der Waals surface area contributed by atoms with Gasteiger partial charge in [0.1, 0.15) is 12.6 Å². The standard InChI is InChI=1S/C28H31Cl2N3O4S/c1-19(2)31-28(35)21(4)32(17-22-8-6-5-7-9-22)27(34)18-33(23-12-15-25(29)26(30)16-23)38(36,37)24-13-10-20(3)11-14-24/h5-16,19,21H,17-18H2,1-4H3,(H,31,35)/t21-/m0/s1. The number of hydrogen-bond acceptors (Lipinski definition) is 4. The lowest BCUT2D eigenvalue weighted by Crippen LogP contribution is -2.52. The first-order valence-corrected chi connectivity index (χ1v) is 14.3. The Bertz CT molecular complexity index is 1380. The zero-order valence-corrected chi connectivity index (χ0v) is 24.0. The van der Waals surface area contributed by atoms with Crippen LogP contribution in [0.1, 0.15) is 31.9 Å². The average molecular weight is 577 g/mol. The van der Waals surface area contributed by atoms with Crippen LogP contribution in [0.4, 0.5) is 5.69 Å². The van der Waals surface area contributed by atoms with E-state index in [2.05, 4.69) is 5.32 Å². The highest BCUT2D eigenvalue weighted by Gasteiger charge is 2.32. The third kappa shape index (κ3) is 7.28. The van der Waals surface area contributed by atoms with Gasteiger partial charge < -0.3 is 10.2 Å². The van der Waals surface area contributed by atoms with Crippen molar-refractivity contribution in [2.45, 2.75) is 51.2 Å². The second kappa shape index (κ2) is 12.7. The molecule has 7 nitrogen and oxygen atoms in total. The van der Waals surface area contributed by atoms with Crippen molar-refractivity contribution in [3.63, 3.8) is 0 Å². The van der Waals surface area contributed by atoms with E-state index in [1.807, 2.05) is 51.1 Å². The molecule has 1 N–H and O–H groups in total. The molecule has 0 aliphatic carbocycles. The van der Waals surface area contributed by atoms with E-state index in [4.69, 9.17) is 23.2 Å². The van der Waals surface area contributed by atoms with Gasteiger partial charge in [-0.25, -0.2) is 8.42 Å². The van der Waals surface area contributed by atoms with Gasteiger partial charge in [-0.05, 0) is 63.6 Å². The zero-order valence-electron chi connectivity index (χ0n) is 21.7. The first-order valence-electron chi connectivity index (χ1n) is 12.1. The van der Waals surface area contributed by atoms with Gasteiger partial charge in [-0.15, -0.1) is 0 Å². The summed E-state index contributed by atoms with van der Waals surface area (Å²) in [5.74, 6) is -0.895. The van der Waals surface area contributed by atoms with Crippen LogP contribution >= 0.6 is 23.2 Å². The minimum absolute atomic E-state index is 0.0159. The van der Waals surface area contributed by atoms with Crippen LogP contribution in [0.15, 0.2) is 77.7 Å². The van der Waals surface area contributed by atoms with Gasteiger partial charge >= 0.3 is 0 Å². The van der Waals surface area contributed by atoms with Gasteiger partial charge in [0, 0.05) is 12.6 Å². The Morgan fingerprint density at radius 1 is 0.895 bits per heavy atom. The summed E-state index contributed by atoms with van der Waals surface area (Å²) in [6, 6.07) is 18.9. The van der Waals surface area contributed by atoms with Gasteiger partial charge in [0.2, 0.25) is 11.8 Å². The fraction of sp³-hybridized carbons (Fsp3) is 0.286. The maximum absolute atomic E-state index is 13.8. The molecule has 0 heterocycles. The summed E-state index contributed by atoms with van der Waals surface area (Å²) >= 11 is 12.3. The molecule has 0 bridgehead atoms. The largest absolute Gasteiger partial charge is 0.352 e. The molecule has 0 unspecified atom stereocenters. The second-order valence-electron chi connectivity index (χ2n) is 9.27. The van der Waals surface area contributed by atoms with Crippen LogP contribution in [0, 0.1) is 6.92 Å². The summed E-state index contributed by atoms with van der Waals surface area (Å²) in [6.45, 7) is 6.69. The van der Waals surface area contributed by atoms with E-state index < -0.39 is 28.5 Å². The summed E-state index contributed by atoms with van der Waals surface area (Å²) in [5.41, 5.74) is 1.86. The molecule has 2 amide bonds. The van der Waals surface area contributed by atoms with Crippen molar-refractivity contribution in [2.24, 2.45) is 0 Å². The lowest BCUT2D eigenvalue weighted by atomic mass is 10.1. The van der Waals surface area contributed by atoms with E-state index in [0.29, 0.717) is 0 Å². The van der Waals surface area contributed by atoms with Crippen molar-refractivity contribution in [1.29, 1.82) is 0 Å². The molecule has 0 saturated carbocycles. The van der Waals surface area contributed by atoms with Crippen LogP contribution in [0.2, 0.25) is 10.0 Å². The fourth-order valence-electron chi connectivity index (χ4n) is 3.77. The number of anilines is 1. The van der Waals surface area contributed by atoms with Gasteiger partial charge in [-0.1, -0.05) is 71.2 Å². The minimum atomic E-state index is -4.18. The molecule has 3 rings (SSSR count). The summed E-state index contributed by atoms with van der Waals surface area (Å²) in [7, 11) is -4.18. The molecule has 10 heteroatoms. The second-order valence-corrected chi connectivity index (χ2v) is 11.9. The Morgan fingerprint density at radius 3 is 2.11 bits per heavy atom. The number of amides is 2. The molecule has 0 fully saturated rings. The quantitative estimate of drug-likeness (QED) is 0.348. The number of nitrogens with one attached hydrogen (secondary N) is 1. The highest BCUT2D eigenvalue weighted by Crippen LogP contribution is 2.31. The molecule has 0 aromatic heterocycles. The Hall–Kier alpha value is -3.07. The molecule has 3 aromatic rings. The lowest BCUT2D eigenvalue weighted by molar-refractivity contribution is -0.139. The summed E-state index contributed by atoms with van der Waals surface area (Å²) in [6.07, 6.45) is 0. The first-order chi connectivity index (χ1) is 17.9. The van der Waals surface area contributed by atoms with Crippen LogP contribution in [0.25, 0.3) is 0 Å². The normalized spacial score (nSPS) is 12.2. The summed E-state index contributed by atoms with van der Waals surface area (Å²) in [4.78, 5) is 28.1. The molecule has 38 heavy (non-hydrogen) atoms. The molecular formula is C28H31Cl2N3O4S. The lowest BCUT2D eigenvalue weighted by Gasteiger charge is -2.32. The van der Waals surface area contributed by atoms with Crippen molar-refractivity contribution >= 4 is 50.7 Å². The number of sulfonamides is 1. The minimum Gasteiger partial charge on any atom is -0.352 e. The maximum atomic E-state index is 13.8. The summed E-state index contributed by atoms with van der Waals surface area (Å²) < 4.78 is 28.6. The molecule has 0 saturated heterocycles. The van der Waals surface area contributed by atoms with E-state index >= 15 is 0 Å². The first kappa shape index (κ1) is 29.5. The van der Waals surface area contributed by atoms with E-state index in [1.54, 1.807) is 19.1 Å². The molecule has 0 spiro atoms. The number of nitrogens with zero attached hydrogens (tertiary/aromatic N) is 2. The zero-order chi connectivity index (χ0) is 28.0. The highest BCUT2D eigenvalue weighted by molar-refractivity contribution is 7.92. The fourth-order valence-corrected chi connectivity index (χ4v) is 5.47. The molecule has 0 aliphatic heterocycles. The van der Waals surface area contributed by atoms with Crippen LogP contribution < -0.4 is 9.62 Å². The predicted molar refractivity (Wildman–Crippen MR) is 152 cm³/mol. The summed E-state index contributed by atoms with van der Waals surface area (Å²) in [5, 5.41) is 3.22. The number of hydrogen-bond donors (Lipinski definition) is 1. The highest BCUT2D eigenvalue weighted by atomic mass is 35.5. The Labute approximate surface area is 234 Å². The van der Waals surface area contributed by atoms with Gasteiger partial charge in [0.25, 0.3) is 10.0 Å². The molecular weight excluding hydrogens is 545 g/mol. The van der Waals surface area contributed by atoms with Crippen LogP contribution in [-0.4, -0.2) is 43.8 Å². The number of carbonyl (C=O) groups excluding carboxylic acids is 2. The topological polar surface area (TPSA) is 86.8 Å². The van der Waals surface area contributed by atoms with Gasteiger partial charge in [-0.2, -0.15) is 0 Å². The van der Waals surface area contributed by atoms with Gasteiger partial charge in [0.15, 0.2) is 0 Å². The van der Waals surface area contributed by atoms with Crippen molar-refractivity contribution in [3.8, 4) is 0 Å². The SMILES string of the molecule is Cc1ccc(S(=O)(=O)N(CC(=O)N(Cc2ccccc2)[C@@H](C)C(=O)NC(C)C)c2ccc(Cl)c(Cl)c2)cc1. The molecule has 0 aliphatic rings. The van der Waals surface area contributed by atoms with Gasteiger partial charge in [0.05, 0.1) is 20.6 Å². The molecule has 3 aromatic carbocycles. The Balaban J connectivity index is 2.04. The van der Waals surface area contributed by atoms with E-state index in [0.717, 1.165) is 15.4 Å². The molecule has 1 atom stereocenters. The molecule has 0 radical (unpaired) electrons. The molecule has 202 valence electrons. The van der Waals surface area contributed by atoms with Crippen LogP contribution in [-0.2, 0) is 26.2 Å². The third-order valence-corrected chi connectivity index (χ3v) is 8.40. The average Bonchev–Trinajstić information content (AvgIpc) is 2.87. The van der Waals surface area contributed by atoms with Gasteiger partial charge in [-0.3, -0.25) is 13.9 Å². The van der Waals surface area contributed by atoms with Crippen molar-refractivity contribution in [1.82, 2.24) is 10.2 Å². The number of rotatable bonds is 10. The third-order valence-electron chi connectivity index (χ3n) is 5.87. The van der Waals surface area contributed by atoms with Crippen molar-refractivity contribution in [2.75, 3.05) is 10.8 Å². The Kier molecular flexibility index (Phi) is 9.82. The number of carbonyl (C=O) groups is 2. The number of benzene rings is 3. The predicted octanol–water partition coefficient (Wildman–Crippen LogP) is 5.44. The number of aryl methyl sites for hydroxylation is 1. The Morgan fingerprint density at radius 2 is 1.53 bits per heavy atom. The monoisotopic (exact) mass is 575 g/mol. The van der Waals surface area contributed by atoms with Crippen molar-refractivity contribution < 1.29 is 18.0 Å².